The van der Waals surface area contributed by atoms with Gasteiger partial charge in [0.2, 0.25) is 0 Å². The molecule has 5 heteroatoms. The molecule has 18 heavy (non-hydrogen) atoms. The van der Waals surface area contributed by atoms with E-state index < -0.39 is 30.5 Å². The van der Waals surface area contributed by atoms with Gasteiger partial charge in [0.1, 0.15) is 5.82 Å². The monoisotopic (exact) mass is 246 g/mol. The molecule has 90 valence electrons. The zero-order valence-electron chi connectivity index (χ0n) is 15.4. The summed E-state index contributed by atoms with van der Waals surface area (Å²) in [7, 11) is 1.51. The second kappa shape index (κ2) is 3.80. The molecular formula is C13H12N4O. The van der Waals surface area contributed by atoms with Crippen LogP contribution < -0.4 is 10.2 Å². The van der Waals surface area contributed by atoms with E-state index in [9.17, 15) is 4.79 Å². The lowest BCUT2D eigenvalue weighted by Gasteiger charge is -2.18. The van der Waals surface area contributed by atoms with Crippen molar-refractivity contribution >= 4 is 23.2 Å². The van der Waals surface area contributed by atoms with Crippen LogP contribution in [0.4, 0.5) is 17.3 Å². The molecule has 0 aliphatic carbocycles. The highest BCUT2D eigenvalue weighted by atomic mass is 16.1. The van der Waals surface area contributed by atoms with E-state index in [4.69, 9.17) is 8.27 Å². The van der Waals surface area contributed by atoms with Gasteiger partial charge in [0.25, 0.3) is 5.91 Å². The lowest BCUT2D eigenvalue weighted by Crippen LogP contribution is -2.14. The van der Waals surface area contributed by atoms with Crippen molar-refractivity contribution in [3.63, 3.8) is 0 Å². The van der Waals surface area contributed by atoms with Gasteiger partial charge in [-0.05, 0) is 30.6 Å². The predicted molar refractivity (Wildman–Crippen MR) is 69.2 cm³/mol. The standard InChI is InChI=1S/C13H12N4O/c1-8-5-7-15-12-10(8)16-13(18)9-4-3-6-14-11(9)17(12)2/h3-7H,1-2H3,(H,16,18)/i1D3,5D,7D/hD. The molecule has 3 rings (SSSR count). The first kappa shape index (κ1) is 5.95. The van der Waals surface area contributed by atoms with E-state index in [2.05, 4.69) is 9.97 Å². The molecule has 1 amide bonds. The van der Waals surface area contributed by atoms with Crippen molar-refractivity contribution in [3.05, 3.63) is 41.7 Å². The third kappa shape index (κ3) is 1.44. The molecule has 2 aromatic heterocycles. The van der Waals surface area contributed by atoms with Crippen molar-refractivity contribution in [2.45, 2.75) is 6.85 Å². The number of amides is 1. The second-order valence-corrected chi connectivity index (χ2v) is 3.75. The third-order valence-electron chi connectivity index (χ3n) is 2.66. The molecule has 0 saturated carbocycles. The van der Waals surface area contributed by atoms with Crippen LogP contribution in [0.1, 0.15) is 22.8 Å². The number of hydrogen-bond acceptors (Lipinski definition) is 4. The number of pyridine rings is 2. The van der Waals surface area contributed by atoms with E-state index in [0.717, 1.165) is 0 Å². The number of anilines is 3. The zero-order valence-corrected chi connectivity index (χ0v) is 9.43. The highest BCUT2D eigenvalue weighted by molar-refractivity contribution is 6.11. The zero-order chi connectivity index (χ0) is 17.8. The van der Waals surface area contributed by atoms with E-state index in [1.165, 1.54) is 30.3 Å². The molecule has 5 nitrogen and oxygen atoms in total. The van der Waals surface area contributed by atoms with Crippen LogP contribution in [0.5, 0.6) is 0 Å². The molecule has 1 aliphatic heterocycles. The van der Waals surface area contributed by atoms with Crippen molar-refractivity contribution in [2.75, 3.05) is 17.3 Å². The summed E-state index contributed by atoms with van der Waals surface area (Å²) < 4.78 is 46.7. The van der Waals surface area contributed by atoms with Crippen molar-refractivity contribution in [1.29, 1.82) is 0 Å². The summed E-state index contributed by atoms with van der Waals surface area (Å²) >= 11 is 0. The Labute approximate surface area is 113 Å². The summed E-state index contributed by atoms with van der Waals surface area (Å²) in [6.45, 7) is -2.79. The van der Waals surface area contributed by atoms with Crippen LogP contribution in [0.2, 0.25) is 1.41 Å². The van der Waals surface area contributed by atoms with Gasteiger partial charge in [-0.3, -0.25) is 4.79 Å². The maximum Gasteiger partial charge on any atom is 0.259 e. The minimum atomic E-state index is -2.79. The van der Waals surface area contributed by atoms with Gasteiger partial charge in [-0.15, -0.1) is 0 Å². The summed E-state index contributed by atoms with van der Waals surface area (Å²) in [5.74, 6) is -0.671. The first-order valence-electron chi connectivity index (χ1n) is 8.13. The summed E-state index contributed by atoms with van der Waals surface area (Å²) in [4.78, 5) is 21.9. The molecule has 2 aromatic rings. The fraction of sp³-hybridized carbons (Fsp3) is 0.154. The number of nitrogens with one attached hydrogen (secondary N) is 1. The largest absolute Gasteiger partial charge is 0.318 e. The number of carbonyl (C=O) groups is 1. The molecule has 0 spiro atoms. The molecule has 0 radical (unpaired) electrons. The molecule has 1 aliphatic rings. The Morgan fingerprint density at radius 2 is 2.39 bits per heavy atom. The fourth-order valence-corrected chi connectivity index (χ4v) is 1.79. The smallest absolute Gasteiger partial charge is 0.259 e. The topological polar surface area (TPSA) is 58.1 Å². The predicted octanol–water partition coefficient (Wildman–Crippen LogP) is 2.12. The summed E-state index contributed by atoms with van der Waals surface area (Å²) in [6, 6.07) is 2.36. The molecule has 0 atom stereocenters. The van der Waals surface area contributed by atoms with Crippen LogP contribution in [-0.4, -0.2) is 22.9 Å². The normalized spacial score (nSPS) is 19.5. The molecule has 0 unspecified atom stereocenters. The number of aromatic nitrogens is 2. The maximum absolute atomic E-state index is 12.6. The van der Waals surface area contributed by atoms with Crippen LogP contribution in [0.15, 0.2) is 30.5 Å². The van der Waals surface area contributed by atoms with Gasteiger partial charge in [0.05, 0.1) is 14.0 Å². The van der Waals surface area contributed by atoms with Gasteiger partial charge in [-0.25, -0.2) is 9.97 Å². The van der Waals surface area contributed by atoms with E-state index in [-0.39, 0.29) is 22.9 Å². The lowest BCUT2D eigenvalue weighted by atomic mass is 10.2. The fourth-order valence-electron chi connectivity index (χ4n) is 1.79. The first-order chi connectivity index (χ1) is 11.1. The van der Waals surface area contributed by atoms with Gasteiger partial charge in [-0.1, -0.05) is 0 Å². The van der Waals surface area contributed by atoms with E-state index in [1.807, 2.05) is 0 Å². The minimum absolute atomic E-state index is 0.0806. The van der Waals surface area contributed by atoms with Gasteiger partial charge in [-0.2, -0.15) is 0 Å². The van der Waals surface area contributed by atoms with E-state index in [0.29, 0.717) is 5.31 Å². The summed E-state index contributed by atoms with van der Waals surface area (Å²) in [6.07, 6.45) is 0.902. The van der Waals surface area contributed by atoms with Gasteiger partial charge < -0.3 is 10.2 Å². The van der Waals surface area contributed by atoms with Gasteiger partial charge in [0, 0.05) is 23.5 Å². The Morgan fingerprint density at radius 1 is 1.50 bits per heavy atom. The number of rotatable bonds is 0. The van der Waals surface area contributed by atoms with E-state index >= 15 is 0 Å². The van der Waals surface area contributed by atoms with Crippen LogP contribution in [0.3, 0.4) is 0 Å². The number of carbonyl (C=O) groups excluding carboxylic acids is 1. The second-order valence-electron chi connectivity index (χ2n) is 3.75. The Morgan fingerprint density at radius 3 is 3.22 bits per heavy atom. The highest BCUT2D eigenvalue weighted by Gasteiger charge is 2.25. The number of fused-ring (bicyclic) bond motifs is 2. The van der Waals surface area contributed by atoms with Crippen LogP contribution >= 0.6 is 0 Å². The van der Waals surface area contributed by atoms with Crippen LogP contribution in [0, 0.1) is 6.85 Å². The van der Waals surface area contributed by atoms with Crippen molar-refractivity contribution in [2.24, 2.45) is 0 Å². The van der Waals surface area contributed by atoms with Gasteiger partial charge >= 0.3 is 0 Å². The number of hydrogen-bond donors (Lipinski definition) is 1. The third-order valence-corrected chi connectivity index (χ3v) is 2.66. The minimum Gasteiger partial charge on any atom is -0.318 e. The summed E-state index contributed by atoms with van der Waals surface area (Å²) in [5.41, 5.74) is -0.787. The quantitative estimate of drug-likeness (QED) is 0.773. The molecule has 0 aromatic carbocycles. The summed E-state index contributed by atoms with van der Waals surface area (Å²) in [5, 5.41) is 0.408. The first-order valence-corrected chi connectivity index (χ1v) is 5.18. The average molecular weight is 246 g/mol. The molecule has 3 heterocycles. The molecule has 0 fully saturated rings. The Balaban J connectivity index is 2.43. The van der Waals surface area contributed by atoms with E-state index in [1.54, 1.807) is 0 Å². The van der Waals surface area contributed by atoms with Crippen LogP contribution in [-0.2, 0) is 0 Å². The lowest BCUT2D eigenvalue weighted by molar-refractivity contribution is 0.102. The van der Waals surface area contributed by atoms with Crippen molar-refractivity contribution in [3.8, 4) is 0 Å². The Bertz CT molecular complexity index is 853. The molecule has 1 N–H and O–H groups in total. The van der Waals surface area contributed by atoms with Crippen LogP contribution in [0.25, 0.3) is 0 Å². The maximum atomic E-state index is 12.6. The van der Waals surface area contributed by atoms with Crippen molar-refractivity contribution in [1.82, 2.24) is 9.97 Å². The molecule has 0 bridgehead atoms. The van der Waals surface area contributed by atoms with Crippen molar-refractivity contribution < 1.29 is 13.1 Å². The SMILES string of the molecule is [2H]c1nc2c(c(C([2H])([2H])[2H])c1[2H])N([2H])C(=O)c1cccnc1N2C. The molecule has 0 saturated heterocycles. The van der Waals surface area contributed by atoms with Gasteiger partial charge in [0.15, 0.2) is 7.23 Å². The Hall–Kier alpha value is -2.43. The highest BCUT2D eigenvalue weighted by Crippen LogP contribution is 2.35. The molecular weight excluding hydrogens is 228 g/mol. The Kier molecular flexibility index (Phi) is 1.26. The number of nitrogens with zero attached hydrogens (tertiary/aromatic N) is 3. The average Bonchev–Trinajstić information content (AvgIpc) is 2.59.